The molecule has 0 bridgehead atoms. The first-order chi connectivity index (χ1) is 7.75. The quantitative estimate of drug-likeness (QED) is 0.711. The Morgan fingerprint density at radius 1 is 1.19 bits per heavy atom. The molecule has 16 heavy (non-hydrogen) atoms. The molecule has 0 aliphatic heterocycles. The molecule has 0 aliphatic rings. The molecule has 1 heterocycles. The maximum Gasteiger partial charge on any atom is 0.270 e. The Bertz CT molecular complexity index is 325. The average molecular weight is 241 g/mol. The molecule has 90 valence electrons. The molecule has 1 aromatic rings. The van der Waals surface area contributed by atoms with Crippen LogP contribution in [0.2, 0.25) is 0 Å². The lowest BCUT2D eigenvalue weighted by molar-refractivity contribution is 0.0995. The van der Waals surface area contributed by atoms with Crippen molar-refractivity contribution in [2.24, 2.45) is 5.73 Å². The summed E-state index contributed by atoms with van der Waals surface area (Å²) in [4.78, 5) is 11.0. The number of amides is 1. The van der Waals surface area contributed by atoms with Gasteiger partial charge in [0.2, 0.25) is 0 Å². The highest BCUT2D eigenvalue weighted by Crippen LogP contribution is 2.11. The molecule has 0 fully saturated rings. The maximum atomic E-state index is 11.0. The minimum Gasteiger partial charge on any atom is -0.364 e. The van der Waals surface area contributed by atoms with Crippen LogP contribution in [0.25, 0.3) is 0 Å². The van der Waals surface area contributed by atoms with Crippen molar-refractivity contribution >= 4 is 17.6 Å². The lowest BCUT2D eigenvalue weighted by Crippen LogP contribution is -2.13. The second-order valence-corrected chi connectivity index (χ2v) is 4.47. The zero-order valence-electron chi connectivity index (χ0n) is 9.74. The number of hydrogen-bond donors (Lipinski definition) is 1. The van der Waals surface area contributed by atoms with Gasteiger partial charge in [0, 0.05) is 0 Å². The maximum absolute atomic E-state index is 11.0. The molecule has 0 atom stereocenters. The molecule has 0 aromatic carbocycles. The van der Waals surface area contributed by atoms with Gasteiger partial charge in [0.1, 0.15) is 0 Å². The predicted molar refractivity (Wildman–Crippen MR) is 65.5 cm³/mol. The average Bonchev–Trinajstić information content (AvgIpc) is 2.71. The van der Waals surface area contributed by atoms with E-state index >= 15 is 0 Å². The van der Waals surface area contributed by atoms with Crippen molar-refractivity contribution in [1.29, 1.82) is 0 Å². The number of nitrogens with two attached hydrogens (primary N) is 1. The third-order valence-electron chi connectivity index (χ3n) is 2.56. The van der Waals surface area contributed by atoms with Crippen LogP contribution in [0.5, 0.6) is 0 Å². The van der Waals surface area contributed by atoms with Gasteiger partial charge in [-0.15, -0.1) is 0 Å². The van der Waals surface area contributed by atoms with E-state index in [1.54, 1.807) is 0 Å². The van der Waals surface area contributed by atoms with Gasteiger partial charge in [0.15, 0.2) is 5.69 Å². The van der Waals surface area contributed by atoms with Gasteiger partial charge in [-0.25, -0.2) is 0 Å². The fraction of sp³-hybridized carbons (Fsp3) is 0.727. The molecule has 0 aliphatic carbocycles. The Kier molecular flexibility index (Phi) is 6.00. The number of aromatic nitrogens is 2. The minimum absolute atomic E-state index is 0.360. The van der Waals surface area contributed by atoms with Crippen LogP contribution in [0.3, 0.4) is 0 Å². The Balaban J connectivity index is 2.21. The normalized spacial score (nSPS) is 10.6. The van der Waals surface area contributed by atoms with Crippen molar-refractivity contribution in [3.05, 3.63) is 11.4 Å². The van der Waals surface area contributed by atoms with E-state index in [0.717, 1.165) is 30.3 Å². The van der Waals surface area contributed by atoms with E-state index in [1.165, 1.54) is 32.1 Å². The number of rotatable bonds is 8. The molecule has 2 N–H and O–H groups in total. The van der Waals surface area contributed by atoms with E-state index in [2.05, 4.69) is 15.7 Å². The molecule has 1 amide bonds. The van der Waals surface area contributed by atoms with E-state index in [9.17, 15) is 4.79 Å². The second-order valence-electron chi connectivity index (χ2n) is 3.94. The summed E-state index contributed by atoms with van der Waals surface area (Å²) in [5.41, 5.74) is 6.33. The minimum atomic E-state index is -0.463. The summed E-state index contributed by atoms with van der Waals surface area (Å²) < 4.78 is 8.00. The molecule has 0 saturated heterocycles. The van der Waals surface area contributed by atoms with Crippen LogP contribution >= 0.6 is 11.7 Å². The molecule has 1 aromatic heterocycles. The molecule has 1 rings (SSSR count). The van der Waals surface area contributed by atoms with Crippen LogP contribution in [0.15, 0.2) is 0 Å². The summed E-state index contributed by atoms with van der Waals surface area (Å²) in [6.45, 7) is 2.21. The molecule has 0 spiro atoms. The third-order valence-corrected chi connectivity index (χ3v) is 3.12. The van der Waals surface area contributed by atoms with Crippen molar-refractivity contribution in [1.82, 2.24) is 8.75 Å². The van der Waals surface area contributed by atoms with Gasteiger partial charge in [-0.05, 0) is 12.8 Å². The van der Waals surface area contributed by atoms with Crippen LogP contribution in [-0.2, 0) is 6.42 Å². The topological polar surface area (TPSA) is 68.9 Å². The summed E-state index contributed by atoms with van der Waals surface area (Å²) in [5, 5.41) is 0. The molecule has 0 radical (unpaired) electrons. The van der Waals surface area contributed by atoms with Crippen molar-refractivity contribution in [3.8, 4) is 0 Å². The monoisotopic (exact) mass is 241 g/mol. The van der Waals surface area contributed by atoms with Crippen molar-refractivity contribution in [2.75, 3.05) is 0 Å². The lowest BCUT2D eigenvalue weighted by atomic mass is 10.1. The first-order valence-electron chi connectivity index (χ1n) is 5.87. The van der Waals surface area contributed by atoms with Gasteiger partial charge < -0.3 is 5.73 Å². The Morgan fingerprint density at radius 3 is 2.56 bits per heavy atom. The lowest BCUT2D eigenvalue weighted by Gasteiger charge is -1.99. The van der Waals surface area contributed by atoms with Crippen molar-refractivity contribution in [2.45, 2.75) is 51.9 Å². The van der Waals surface area contributed by atoms with Crippen LogP contribution in [0, 0.1) is 0 Å². The van der Waals surface area contributed by atoms with Crippen molar-refractivity contribution < 1.29 is 4.79 Å². The fourth-order valence-corrected chi connectivity index (χ4v) is 2.22. The Labute approximate surface area is 101 Å². The second kappa shape index (κ2) is 7.33. The largest absolute Gasteiger partial charge is 0.364 e. The smallest absolute Gasteiger partial charge is 0.270 e. The first-order valence-corrected chi connectivity index (χ1v) is 6.60. The third kappa shape index (κ3) is 4.26. The number of carbonyl (C=O) groups is 1. The molecule has 4 nitrogen and oxygen atoms in total. The van der Waals surface area contributed by atoms with E-state index in [-0.39, 0.29) is 0 Å². The van der Waals surface area contributed by atoms with Crippen LogP contribution in [0.1, 0.15) is 61.6 Å². The Morgan fingerprint density at radius 2 is 1.88 bits per heavy atom. The molecule has 5 heteroatoms. The van der Waals surface area contributed by atoms with E-state index in [4.69, 9.17) is 5.73 Å². The summed E-state index contributed by atoms with van der Waals surface area (Å²) >= 11 is 1.07. The molecular formula is C11H19N3OS. The summed E-state index contributed by atoms with van der Waals surface area (Å²) in [7, 11) is 0. The van der Waals surface area contributed by atoms with Gasteiger partial charge in [0.05, 0.1) is 17.4 Å². The summed E-state index contributed by atoms with van der Waals surface area (Å²) in [5.74, 6) is -0.463. The fourth-order valence-electron chi connectivity index (χ4n) is 1.63. The number of hydrogen-bond acceptors (Lipinski definition) is 4. The van der Waals surface area contributed by atoms with Gasteiger partial charge in [-0.1, -0.05) is 39.0 Å². The number of aryl methyl sites for hydroxylation is 1. The standard InChI is InChI=1S/C11H19N3OS/c1-2-3-4-5-6-7-8-9-10(11(12)15)14-16-13-9/h2-8H2,1H3,(H2,12,15). The number of nitrogens with zero attached hydrogens (tertiary/aromatic N) is 2. The van der Waals surface area contributed by atoms with E-state index < -0.39 is 5.91 Å². The van der Waals surface area contributed by atoms with E-state index in [1.807, 2.05) is 0 Å². The van der Waals surface area contributed by atoms with Gasteiger partial charge in [-0.2, -0.15) is 8.75 Å². The van der Waals surface area contributed by atoms with E-state index in [0.29, 0.717) is 5.69 Å². The van der Waals surface area contributed by atoms with Crippen LogP contribution in [-0.4, -0.2) is 14.7 Å². The summed E-state index contributed by atoms with van der Waals surface area (Å²) in [6, 6.07) is 0. The highest BCUT2D eigenvalue weighted by molar-refractivity contribution is 6.99. The van der Waals surface area contributed by atoms with Crippen LogP contribution in [0.4, 0.5) is 0 Å². The zero-order chi connectivity index (χ0) is 11.8. The predicted octanol–water partition coefficient (Wildman–Crippen LogP) is 2.54. The first kappa shape index (κ1) is 13.1. The van der Waals surface area contributed by atoms with Crippen molar-refractivity contribution in [3.63, 3.8) is 0 Å². The van der Waals surface area contributed by atoms with Crippen LogP contribution < -0.4 is 5.73 Å². The number of carbonyl (C=O) groups excluding carboxylic acids is 1. The van der Waals surface area contributed by atoms with Gasteiger partial charge in [-0.3, -0.25) is 4.79 Å². The number of unbranched alkanes of at least 4 members (excludes halogenated alkanes) is 5. The molecule has 0 saturated carbocycles. The zero-order valence-corrected chi connectivity index (χ0v) is 10.6. The summed E-state index contributed by atoms with van der Waals surface area (Å²) in [6.07, 6.45) is 8.21. The SMILES string of the molecule is CCCCCCCCc1nsnc1C(N)=O. The van der Waals surface area contributed by atoms with Gasteiger partial charge in [0.25, 0.3) is 5.91 Å². The molecule has 0 unspecified atom stereocenters. The Hall–Kier alpha value is -0.970. The molecular weight excluding hydrogens is 222 g/mol. The number of primary amides is 1. The van der Waals surface area contributed by atoms with Gasteiger partial charge >= 0.3 is 0 Å². The highest BCUT2D eigenvalue weighted by atomic mass is 32.1. The highest BCUT2D eigenvalue weighted by Gasteiger charge is 2.12.